The standard InChI is InChI=1S/C13H16F3N5O/c1-3-5-21(8-11-17-4-6-20(11)2)12(22)9-7-10(19-18-9)13(14,15)16/h4,6-7H,3,5,8H2,1-2H3,(H,18,19). The molecule has 120 valence electrons. The van der Waals surface area contributed by atoms with Gasteiger partial charge in [-0.2, -0.15) is 18.3 Å². The van der Waals surface area contributed by atoms with Crippen LogP contribution in [-0.2, 0) is 19.8 Å². The lowest BCUT2D eigenvalue weighted by Gasteiger charge is -2.20. The van der Waals surface area contributed by atoms with E-state index in [0.29, 0.717) is 18.8 Å². The minimum Gasteiger partial charge on any atom is -0.337 e. The van der Waals surface area contributed by atoms with Crippen LogP contribution in [0.4, 0.5) is 13.2 Å². The number of nitrogens with one attached hydrogen (secondary N) is 1. The molecule has 0 unspecified atom stereocenters. The topological polar surface area (TPSA) is 66.8 Å². The Morgan fingerprint density at radius 3 is 2.68 bits per heavy atom. The largest absolute Gasteiger partial charge is 0.432 e. The second kappa shape index (κ2) is 6.20. The molecule has 0 fully saturated rings. The minimum absolute atomic E-state index is 0.213. The van der Waals surface area contributed by atoms with Gasteiger partial charge in [-0.25, -0.2) is 4.98 Å². The fourth-order valence-corrected chi connectivity index (χ4v) is 1.98. The highest BCUT2D eigenvalue weighted by Crippen LogP contribution is 2.28. The van der Waals surface area contributed by atoms with Crippen molar-refractivity contribution in [3.63, 3.8) is 0 Å². The molecule has 0 bridgehead atoms. The molecular formula is C13H16F3N5O. The van der Waals surface area contributed by atoms with E-state index in [1.54, 1.807) is 24.0 Å². The molecule has 0 aliphatic carbocycles. The lowest BCUT2D eigenvalue weighted by atomic mass is 10.3. The zero-order valence-corrected chi connectivity index (χ0v) is 12.2. The summed E-state index contributed by atoms with van der Waals surface area (Å²) < 4.78 is 39.4. The number of amides is 1. The summed E-state index contributed by atoms with van der Waals surface area (Å²) in [5.41, 5.74) is -1.29. The van der Waals surface area contributed by atoms with E-state index >= 15 is 0 Å². The third kappa shape index (κ3) is 3.46. The van der Waals surface area contributed by atoms with Crippen molar-refractivity contribution in [1.29, 1.82) is 0 Å². The first-order chi connectivity index (χ1) is 10.3. The number of carbonyl (C=O) groups is 1. The van der Waals surface area contributed by atoms with E-state index in [2.05, 4.69) is 10.1 Å². The average molecular weight is 315 g/mol. The van der Waals surface area contributed by atoms with E-state index in [9.17, 15) is 18.0 Å². The maximum Gasteiger partial charge on any atom is 0.432 e. The first-order valence-electron chi connectivity index (χ1n) is 6.71. The molecule has 22 heavy (non-hydrogen) atoms. The number of nitrogens with zero attached hydrogens (tertiary/aromatic N) is 4. The second-order valence-corrected chi connectivity index (χ2v) is 4.85. The van der Waals surface area contributed by atoms with E-state index in [1.165, 1.54) is 4.90 Å². The lowest BCUT2D eigenvalue weighted by Crippen LogP contribution is -2.32. The molecule has 0 atom stereocenters. The highest BCUT2D eigenvalue weighted by atomic mass is 19.4. The molecule has 0 saturated heterocycles. The maximum atomic E-state index is 12.6. The summed E-state index contributed by atoms with van der Waals surface area (Å²) in [6.07, 6.45) is -0.548. The van der Waals surface area contributed by atoms with Crippen molar-refractivity contribution in [2.24, 2.45) is 7.05 Å². The van der Waals surface area contributed by atoms with Crippen molar-refractivity contribution in [3.05, 3.63) is 35.7 Å². The number of H-pyrrole nitrogens is 1. The Hall–Kier alpha value is -2.32. The molecule has 2 heterocycles. The summed E-state index contributed by atoms with van der Waals surface area (Å²) in [6, 6.07) is 0.726. The molecule has 1 N–H and O–H groups in total. The summed E-state index contributed by atoms with van der Waals surface area (Å²) in [7, 11) is 1.78. The van der Waals surface area contributed by atoms with Crippen LogP contribution >= 0.6 is 0 Å². The Morgan fingerprint density at radius 1 is 1.45 bits per heavy atom. The Kier molecular flexibility index (Phi) is 4.53. The predicted molar refractivity (Wildman–Crippen MR) is 71.8 cm³/mol. The SMILES string of the molecule is CCCN(Cc1nccn1C)C(=O)c1cc(C(F)(F)F)[nH]n1. The van der Waals surface area contributed by atoms with Crippen LogP contribution in [0.2, 0.25) is 0 Å². The smallest absolute Gasteiger partial charge is 0.337 e. The van der Waals surface area contributed by atoms with Crippen LogP contribution in [0.15, 0.2) is 18.5 Å². The van der Waals surface area contributed by atoms with Crippen LogP contribution in [0.3, 0.4) is 0 Å². The van der Waals surface area contributed by atoms with Gasteiger partial charge in [0.15, 0.2) is 5.69 Å². The molecule has 2 rings (SSSR count). The van der Waals surface area contributed by atoms with Crippen LogP contribution in [0.5, 0.6) is 0 Å². The number of carbonyl (C=O) groups excluding carboxylic acids is 1. The third-order valence-electron chi connectivity index (χ3n) is 3.14. The molecule has 6 nitrogen and oxygen atoms in total. The normalized spacial score (nSPS) is 11.7. The quantitative estimate of drug-likeness (QED) is 0.920. The minimum atomic E-state index is -4.55. The fraction of sp³-hybridized carbons (Fsp3) is 0.462. The number of hydrogen-bond acceptors (Lipinski definition) is 3. The maximum absolute atomic E-state index is 12.6. The molecule has 0 spiro atoms. The zero-order valence-electron chi connectivity index (χ0n) is 12.2. The van der Waals surface area contributed by atoms with E-state index in [1.807, 2.05) is 12.0 Å². The number of alkyl halides is 3. The van der Waals surface area contributed by atoms with E-state index in [4.69, 9.17) is 0 Å². The molecule has 0 aliphatic heterocycles. The molecule has 0 aromatic carbocycles. The Morgan fingerprint density at radius 2 is 2.18 bits per heavy atom. The highest BCUT2D eigenvalue weighted by Gasteiger charge is 2.34. The Labute approximate surface area is 124 Å². The predicted octanol–water partition coefficient (Wildman–Crippen LogP) is 2.21. The van der Waals surface area contributed by atoms with Crippen LogP contribution in [0.1, 0.15) is 35.4 Å². The van der Waals surface area contributed by atoms with Crippen LogP contribution in [0.25, 0.3) is 0 Å². The van der Waals surface area contributed by atoms with Crippen molar-refractivity contribution in [1.82, 2.24) is 24.6 Å². The van der Waals surface area contributed by atoms with Gasteiger partial charge in [-0.3, -0.25) is 9.89 Å². The van der Waals surface area contributed by atoms with Gasteiger partial charge in [0.2, 0.25) is 0 Å². The summed E-state index contributed by atoms with van der Waals surface area (Å²) in [5, 5.41) is 5.32. The molecule has 1 amide bonds. The number of aromatic nitrogens is 4. The van der Waals surface area contributed by atoms with E-state index in [-0.39, 0.29) is 12.2 Å². The Bertz CT molecular complexity index is 646. The van der Waals surface area contributed by atoms with Gasteiger partial charge in [0, 0.05) is 32.1 Å². The number of hydrogen-bond donors (Lipinski definition) is 1. The van der Waals surface area contributed by atoms with Gasteiger partial charge in [-0.1, -0.05) is 6.92 Å². The van der Waals surface area contributed by atoms with Gasteiger partial charge in [0.1, 0.15) is 11.5 Å². The van der Waals surface area contributed by atoms with Gasteiger partial charge in [0.05, 0.1) is 6.54 Å². The first-order valence-corrected chi connectivity index (χ1v) is 6.71. The van der Waals surface area contributed by atoms with E-state index < -0.39 is 17.8 Å². The lowest BCUT2D eigenvalue weighted by molar-refractivity contribution is -0.141. The molecule has 2 aromatic rings. The van der Waals surface area contributed by atoms with Crippen molar-refractivity contribution < 1.29 is 18.0 Å². The molecule has 0 saturated carbocycles. The van der Waals surface area contributed by atoms with Crippen molar-refractivity contribution in [3.8, 4) is 0 Å². The van der Waals surface area contributed by atoms with E-state index in [0.717, 1.165) is 6.07 Å². The number of rotatable bonds is 5. The third-order valence-corrected chi connectivity index (χ3v) is 3.14. The zero-order chi connectivity index (χ0) is 16.3. The number of imidazole rings is 1. The van der Waals surface area contributed by atoms with Gasteiger partial charge in [-0.05, 0) is 6.42 Å². The van der Waals surface area contributed by atoms with Crippen molar-refractivity contribution in [2.75, 3.05) is 6.54 Å². The number of aryl methyl sites for hydroxylation is 1. The molecule has 0 radical (unpaired) electrons. The fourth-order valence-electron chi connectivity index (χ4n) is 1.98. The number of halogens is 3. The monoisotopic (exact) mass is 315 g/mol. The molecular weight excluding hydrogens is 299 g/mol. The van der Waals surface area contributed by atoms with Crippen LogP contribution < -0.4 is 0 Å². The summed E-state index contributed by atoms with van der Waals surface area (Å²) >= 11 is 0. The Balaban J connectivity index is 2.19. The van der Waals surface area contributed by atoms with Gasteiger partial charge in [-0.15, -0.1) is 0 Å². The van der Waals surface area contributed by atoms with Gasteiger partial charge < -0.3 is 9.47 Å². The summed E-state index contributed by atoms with van der Waals surface area (Å²) in [4.78, 5) is 17.9. The number of aromatic amines is 1. The van der Waals surface area contributed by atoms with Gasteiger partial charge in [0.25, 0.3) is 5.91 Å². The van der Waals surface area contributed by atoms with Gasteiger partial charge >= 0.3 is 6.18 Å². The van der Waals surface area contributed by atoms with Crippen LogP contribution in [0, 0.1) is 0 Å². The van der Waals surface area contributed by atoms with Crippen molar-refractivity contribution >= 4 is 5.91 Å². The second-order valence-electron chi connectivity index (χ2n) is 4.85. The summed E-state index contributed by atoms with van der Waals surface area (Å²) in [6.45, 7) is 2.49. The molecule has 9 heteroatoms. The summed E-state index contributed by atoms with van der Waals surface area (Å²) in [5.74, 6) is 0.0879. The first kappa shape index (κ1) is 16.1. The highest BCUT2D eigenvalue weighted by molar-refractivity contribution is 5.92. The molecule has 0 aliphatic rings. The molecule has 2 aromatic heterocycles. The van der Waals surface area contributed by atoms with Crippen LogP contribution in [-0.4, -0.2) is 37.1 Å². The van der Waals surface area contributed by atoms with Crippen molar-refractivity contribution in [2.45, 2.75) is 26.1 Å². The average Bonchev–Trinajstić information content (AvgIpc) is 3.07.